The van der Waals surface area contributed by atoms with Crippen molar-refractivity contribution in [1.29, 1.82) is 5.26 Å². The smallest absolute Gasteiger partial charge is 0.305 e. The number of carbonyl (C=O) groups is 1. The first-order chi connectivity index (χ1) is 10.4. The second kappa shape index (κ2) is 6.27. The summed E-state index contributed by atoms with van der Waals surface area (Å²) in [4.78, 5) is 23.1. The van der Waals surface area contributed by atoms with Gasteiger partial charge < -0.3 is 9.67 Å². The maximum Gasteiger partial charge on any atom is 0.305 e. The number of rotatable bonds is 4. The van der Waals surface area contributed by atoms with Crippen molar-refractivity contribution in [1.82, 2.24) is 4.57 Å². The van der Waals surface area contributed by atoms with Crippen LogP contribution in [0.5, 0.6) is 0 Å². The number of nitrogens with zero attached hydrogens (tertiary/aromatic N) is 2. The molecule has 1 N–H and O–H groups in total. The molecule has 0 saturated heterocycles. The van der Waals surface area contributed by atoms with Crippen molar-refractivity contribution in [3.63, 3.8) is 0 Å². The van der Waals surface area contributed by atoms with Crippen molar-refractivity contribution in [3.8, 4) is 17.3 Å². The number of aliphatic carboxylic acids is 1. The van der Waals surface area contributed by atoms with Crippen LogP contribution in [0.1, 0.15) is 23.1 Å². The Morgan fingerprint density at radius 2 is 2.00 bits per heavy atom. The fraction of sp³-hybridized carbons (Fsp3) is 0.235. The van der Waals surface area contributed by atoms with Crippen molar-refractivity contribution in [2.45, 2.75) is 26.8 Å². The molecule has 0 aliphatic rings. The molecule has 5 heteroatoms. The first-order valence-electron chi connectivity index (χ1n) is 6.87. The van der Waals surface area contributed by atoms with Crippen molar-refractivity contribution in [2.75, 3.05) is 0 Å². The molecule has 0 unspecified atom stereocenters. The zero-order valence-corrected chi connectivity index (χ0v) is 12.5. The number of hydrogen-bond donors (Lipinski definition) is 1. The molecule has 0 fully saturated rings. The Hall–Kier alpha value is -2.87. The summed E-state index contributed by atoms with van der Waals surface area (Å²) in [5.74, 6) is -0.985. The highest BCUT2D eigenvalue weighted by atomic mass is 16.4. The average molecular weight is 296 g/mol. The third-order valence-corrected chi connectivity index (χ3v) is 3.50. The Morgan fingerprint density at radius 3 is 2.59 bits per heavy atom. The van der Waals surface area contributed by atoms with Crippen LogP contribution in [-0.4, -0.2) is 15.6 Å². The lowest BCUT2D eigenvalue weighted by Gasteiger charge is -2.15. The lowest BCUT2D eigenvalue weighted by Crippen LogP contribution is -2.25. The summed E-state index contributed by atoms with van der Waals surface area (Å²) in [6.07, 6.45) is -0.174. The van der Waals surface area contributed by atoms with E-state index in [2.05, 4.69) is 0 Å². The summed E-state index contributed by atoms with van der Waals surface area (Å²) < 4.78 is 1.37. The Kier molecular flexibility index (Phi) is 4.42. The molecule has 0 radical (unpaired) electrons. The van der Waals surface area contributed by atoms with Crippen LogP contribution in [0.15, 0.2) is 35.1 Å². The molecule has 0 bridgehead atoms. The summed E-state index contributed by atoms with van der Waals surface area (Å²) in [6, 6.07) is 10.9. The lowest BCUT2D eigenvalue weighted by atomic mass is 10.0. The van der Waals surface area contributed by atoms with Gasteiger partial charge in [0.1, 0.15) is 11.6 Å². The monoisotopic (exact) mass is 296 g/mol. The van der Waals surface area contributed by atoms with Gasteiger partial charge >= 0.3 is 5.97 Å². The summed E-state index contributed by atoms with van der Waals surface area (Å²) in [5, 5.41) is 17.9. The highest BCUT2D eigenvalue weighted by Gasteiger charge is 2.13. The van der Waals surface area contributed by atoms with Gasteiger partial charge in [0.2, 0.25) is 0 Å². The molecule has 2 rings (SSSR count). The van der Waals surface area contributed by atoms with Gasteiger partial charge in [-0.05, 0) is 31.5 Å². The fourth-order valence-corrected chi connectivity index (χ4v) is 2.43. The van der Waals surface area contributed by atoms with E-state index in [0.29, 0.717) is 5.69 Å². The summed E-state index contributed by atoms with van der Waals surface area (Å²) in [5.41, 5.74) is 3.14. The molecule has 0 aliphatic heterocycles. The zero-order valence-electron chi connectivity index (χ0n) is 12.5. The van der Waals surface area contributed by atoms with E-state index in [1.807, 2.05) is 38.1 Å². The molecule has 0 spiro atoms. The number of carboxylic acid groups (broad SMARTS) is 1. The number of aryl methyl sites for hydroxylation is 2. The highest BCUT2D eigenvalue weighted by molar-refractivity contribution is 5.68. The molecule has 0 amide bonds. The molecule has 0 atom stereocenters. The van der Waals surface area contributed by atoms with E-state index in [1.54, 1.807) is 6.07 Å². The third kappa shape index (κ3) is 3.07. The van der Waals surface area contributed by atoms with Crippen molar-refractivity contribution in [2.24, 2.45) is 0 Å². The molecule has 1 heterocycles. The Morgan fingerprint density at radius 1 is 1.27 bits per heavy atom. The van der Waals surface area contributed by atoms with Crippen LogP contribution in [0.25, 0.3) is 11.3 Å². The standard InChI is InChI=1S/C17H16N2O3/c1-11-3-5-14(12(2)9-11)15-6-4-13(10-18)17(22)19(15)8-7-16(20)21/h3-6,9H,7-8H2,1-2H3,(H,20,21). The molecule has 5 nitrogen and oxygen atoms in total. The van der Waals surface area contributed by atoms with Crippen molar-refractivity contribution < 1.29 is 9.90 Å². The van der Waals surface area contributed by atoms with Gasteiger partial charge in [0.05, 0.1) is 12.1 Å². The van der Waals surface area contributed by atoms with Gasteiger partial charge in [-0.3, -0.25) is 9.59 Å². The maximum atomic E-state index is 12.3. The number of carboxylic acids is 1. The minimum Gasteiger partial charge on any atom is -0.481 e. The molecule has 0 saturated carbocycles. The first kappa shape index (κ1) is 15.5. The van der Waals surface area contributed by atoms with E-state index in [1.165, 1.54) is 10.6 Å². The molecule has 1 aromatic heterocycles. The van der Waals surface area contributed by atoms with Gasteiger partial charge in [-0.1, -0.05) is 23.8 Å². The van der Waals surface area contributed by atoms with Crippen molar-refractivity contribution >= 4 is 5.97 Å². The largest absolute Gasteiger partial charge is 0.481 e. The first-order valence-corrected chi connectivity index (χ1v) is 6.87. The number of pyridine rings is 1. The van der Waals surface area contributed by atoms with Gasteiger partial charge in [0, 0.05) is 12.1 Å². The number of aromatic nitrogens is 1. The van der Waals surface area contributed by atoms with Crippen LogP contribution in [0.4, 0.5) is 0 Å². The third-order valence-electron chi connectivity index (χ3n) is 3.50. The minimum atomic E-state index is -0.985. The van der Waals surface area contributed by atoms with Gasteiger partial charge in [-0.15, -0.1) is 0 Å². The predicted molar refractivity (Wildman–Crippen MR) is 82.6 cm³/mol. The Labute approximate surface area is 128 Å². The van der Waals surface area contributed by atoms with Crippen LogP contribution in [0, 0.1) is 25.2 Å². The van der Waals surface area contributed by atoms with Gasteiger partial charge in [-0.25, -0.2) is 0 Å². The predicted octanol–water partition coefficient (Wildman–Crippen LogP) is 2.48. The number of hydrogen-bond acceptors (Lipinski definition) is 3. The molecular weight excluding hydrogens is 280 g/mol. The van der Waals surface area contributed by atoms with Crippen LogP contribution in [0.3, 0.4) is 0 Å². The van der Waals surface area contributed by atoms with E-state index in [0.717, 1.165) is 16.7 Å². The van der Waals surface area contributed by atoms with E-state index < -0.39 is 11.5 Å². The van der Waals surface area contributed by atoms with Gasteiger partial charge in [0.15, 0.2) is 0 Å². The van der Waals surface area contributed by atoms with E-state index in [-0.39, 0.29) is 18.5 Å². The van der Waals surface area contributed by atoms with E-state index >= 15 is 0 Å². The SMILES string of the molecule is Cc1ccc(-c2ccc(C#N)c(=O)n2CCC(=O)O)c(C)c1. The fourth-order valence-electron chi connectivity index (χ4n) is 2.43. The van der Waals surface area contributed by atoms with Crippen LogP contribution < -0.4 is 5.56 Å². The molecule has 22 heavy (non-hydrogen) atoms. The van der Waals surface area contributed by atoms with Crippen molar-refractivity contribution in [3.05, 3.63) is 57.4 Å². The highest BCUT2D eigenvalue weighted by Crippen LogP contribution is 2.23. The van der Waals surface area contributed by atoms with E-state index in [4.69, 9.17) is 10.4 Å². The molecule has 112 valence electrons. The zero-order chi connectivity index (χ0) is 16.3. The summed E-state index contributed by atoms with van der Waals surface area (Å²) >= 11 is 0. The summed E-state index contributed by atoms with van der Waals surface area (Å²) in [7, 11) is 0. The second-order valence-electron chi connectivity index (χ2n) is 5.16. The Bertz CT molecular complexity index is 829. The average Bonchev–Trinajstić information content (AvgIpc) is 2.46. The van der Waals surface area contributed by atoms with Crippen LogP contribution in [0.2, 0.25) is 0 Å². The molecule has 0 aliphatic carbocycles. The summed E-state index contributed by atoms with van der Waals surface area (Å²) in [6.45, 7) is 3.95. The molecule has 1 aromatic carbocycles. The Balaban J connectivity index is 2.64. The molecule has 2 aromatic rings. The van der Waals surface area contributed by atoms with Crippen LogP contribution >= 0.6 is 0 Å². The number of benzene rings is 1. The van der Waals surface area contributed by atoms with Crippen LogP contribution in [-0.2, 0) is 11.3 Å². The lowest BCUT2D eigenvalue weighted by molar-refractivity contribution is -0.137. The topological polar surface area (TPSA) is 83.1 Å². The molecular formula is C17H16N2O3. The maximum absolute atomic E-state index is 12.3. The normalized spacial score (nSPS) is 10.2. The second-order valence-corrected chi connectivity index (χ2v) is 5.16. The quantitative estimate of drug-likeness (QED) is 0.939. The minimum absolute atomic E-state index is 0.0129. The number of nitriles is 1. The van der Waals surface area contributed by atoms with E-state index in [9.17, 15) is 9.59 Å². The van der Waals surface area contributed by atoms with Gasteiger partial charge in [0.25, 0.3) is 5.56 Å². The van der Waals surface area contributed by atoms with Gasteiger partial charge in [-0.2, -0.15) is 5.26 Å².